The van der Waals surface area contributed by atoms with E-state index in [1.165, 1.54) is 20.3 Å². The lowest BCUT2D eigenvalue weighted by atomic mass is 10.1. The molecule has 27 heavy (non-hydrogen) atoms. The zero-order chi connectivity index (χ0) is 19.8. The standard InChI is InChI=1S/C20H19ClN2O4/c1-4-27-18-11-13(10-15(21)19(18)26-3)9-14(12-22)20(24)23-16-7-5-6-8-17(16)25-2/h5-11H,4H2,1-3H3,(H,23,24)/b14-9+. The van der Waals surface area contributed by atoms with Crippen LogP contribution in [0, 0.1) is 11.3 Å². The second kappa shape index (κ2) is 9.51. The van der Waals surface area contributed by atoms with Gasteiger partial charge in [-0.2, -0.15) is 5.26 Å². The molecule has 0 spiro atoms. The molecule has 2 aromatic carbocycles. The molecule has 140 valence electrons. The Morgan fingerprint density at radius 3 is 2.59 bits per heavy atom. The predicted octanol–water partition coefficient (Wildman–Crippen LogP) is 4.30. The lowest BCUT2D eigenvalue weighted by Crippen LogP contribution is -2.14. The summed E-state index contributed by atoms with van der Waals surface area (Å²) < 4.78 is 15.9. The minimum absolute atomic E-state index is 0.0930. The molecule has 0 aromatic heterocycles. The molecule has 2 aromatic rings. The molecular formula is C20H19ClN2O4. The summed E-state index contributed by atoms with van der Waals surface area (Å²) in [7, 11) is 2.99. The van der Waals surface area contributed by atoms with Crippen LogP contribution >= 0.6 is 11.6 Å². The number of nitrogens with one attached hydrogen (secondary N) is 1. The first-order chi connectivity index (χ1) is 13.0. The maximum atomic E-state index is 12.5. The number of halogens is 1. The van der Waals surface area contributed by atoms with E-state index < -0.39 is 5.91 Å². The summed E-state index contributed by atoms with van der Waals surface area (Å²) in [5, 5.41) is 12.4. The molecule has 0 unspecified atom stereocenters. The number of rotatable bonds is 7. The monoisotopic (exact) mass is 386 g/mol. The van der Waals surface area contributed by atoms with Crippen LogP contribution in [0.2, 0.25) is 5.02 Å². The molecule has 0 radical (unpaired) electrons. The van der Waals surface area contributed by atoms with Crippen molar-refractivity contribution in [3.8, 4) is 23.3 Å². The SMILES string of the molecule is CCOc1cc(/C=C(\C#N)C(=O)Nc2ccccc2OC)cc(Cl)c1OC. The molecule has 0 fully saturated rings. The Labute approximate surface area is 162 Å². The van der Waals surface area contributed by atoms with E-state index in [1.54, 1.807) is 36.4 Å². The van der Waals surface area contributed by atoms with E-state index in [1.807, 2.05) is 13.0 Å². The number of carbonyl (C=O) groups excluding carboxylic acids is 1. The first kappa shape index (κ1) is 20.1. The van der Waals surface area contributed by atoms with Gasteiger partial charge >= 0.3 is 0 Å². The number of nitriles is 1. The van der Waals surface area contributed by atoms with Gasteiger partial charge in [0.25, 0.3) is 5.91 Å². The van der Waals surface area contributed by atoms with Crippen LogP contribution in [0.1, 0.15) is 12.5 Å². The van der Waals surface area contributed by atoms with Crippen LogP contribution in [0.4, 0.5) is 5.69 Å². The van der Waals surface area contributed by atoms with E-state index in [2.05, 4.69) is 5.32 Å². The van der Waals surface area contributed by atoms with E-state index in [0.29, 0.717) is 40.1 Å². The van der Waals surface area contributed by atoms with Gasteiger partial charge in [0, 0.05) is 0 Å². The Kier molecular flexibility index (Phi) is 7.09. The fraction of sp³-hybridized carbons (Fsp3) is 0.200. The smallest absolute Gasteiger partial charge is 0.266 e. The maximum absolute atomic E-state index is 12.5. The van der Waals surface area contributed by atoms with Crippen LogP contribution in [0.15, 0.2) is 42.0 Å². The largest absolute Gasteiger partial charge is 0.495 e. The summed E-state index contributed by atoms with van der Waals surface area (Å²) in [6.07, 6.45) is 1.43. The van der Waals surface area contributed by atoms with Crippen molar-refractivity contribution >= 4 is 29.3 Å². The van der Waals surface area contributed by atoms with Gasteiger partial charge in [0.2, 0.25) is 0 Å². The van der Waals surface area contributed by atoms with E-state index in [-0.39, 0.29) is 5.57 Å². The van der Waals surface area contributed by atoms with Gasteiger partial charge in [-0.05, 0) is 42.8 Å². The van der Waals surface area contributed by atoms with Crippen LogP contribution in [0.25, 0.3) is 6.08 Å². The Morgan fingerprint density at radius 1 is 1.22 bits per heavy atom. The van der Waals surface area contributed by atoms with Crippen molar-refractivity contribution in [3.63, 3.8) is 0 Å². The van der Waals surface area contributed by atoms with Crippen LogP contribution in [0.5, 0.6) is 17.2 Å². The molecule has 2 rings (SSSR count). The average molecular weight is 387 g/mol. The van der Waals surface area contributed by atoms with Gasteiger partial charge < -0.3 is 19.5 Å². The molecule has 0 saturated heterocycles. The van der Waals surface area contributed by atoms with E-state index >= 15 is 0 Å². The molecule has 1 amide bonds. The highest BCUT2D eigenvalue weighted by molar-refractivity contribution is 6.32. The van der Waals surface area contributed by atoms with E-state index in [0.717, 1.165) is 0 Å². The number of carbonyl (C=O) groups is 1. The molecule has 0 atom stereocenters. The molecule has 0 aliphatic carbocycles. The third-order valence-corrected chi connectivity index (χ3v) is 3.85. The molecular weight excluding hydrogens is 368 g/mol. The van der Waals surface area contributed by atoms with Crippen molar-refractivity contribution < 1.29 is 19.0 Å². The zero-order valence-corrected chi connectivity index (χ0v) is 16.0. The van der Waals surface area contributed by atoms with E-state index in [4.69, 9.17) is 25.8 Å². The lowest BCUT2D eigenvalue weighted by molar-refractivity contribution is -0.112. The molecule has 7 heteroatoms. The minimum Gasteiger partial charge on any atom is -0.495 e. The van der Waals surface area contributed by atoms with Crippen LogP contribution in [0.3, 0.4) is 0 Å². The lowest BCUT2D eigenvalue weighted by Gasteiger charge is -2.12. The number of benzene rings is 2. The number of hydrogen-bond donors (Lipinski definition) is 1. The van der Waals surface area contributed by atoms with Gasteiger partial charge in [0.1, 0.15) is 17.4 Å². The van der Waals surface area contributed by atoms with Gasteiger partial charge in [-0.1, -0.05) is 23.7 Å². The first-order valence-electron chi connectivity index (χ1n) is 8.10. The summed E-state index contributed by atoms with van der Waals surface area (Å²) >= 11 is 6.21. The molecule has 0 heterocycles. The highest BCUT2D eigenvalue weighted by Crippen LogP contribution is 2.37. The number of methoxy groups -OCH3 is 2. The van der Waals surface area contributed by atoms with Crippen molar-refractivity contribution in [1.82, 2.24) is 0 Å². The molecule has 0 aliphatic heterocycles. The van der Waals surface area contributed by atoms with Crippen molar-refractivity contribution in [1.29, 1.82) is 5.26 Å². The Balaban J connectivity index is 2.35. The maximum Gasteiger partial charge on any atom is 0.266 e. The number of nitrogens with zero attached hydrogens (tertiary/aromatic N) is 1. The van der Waals surface area contributed by atoms with Crippen molar-refractivity contribution in [2.75, 3.05) is 26.1 Å². The molecule has 6 nitrogen and oxygen atoms in total. The van der Waals surface area contributed by atoms with Gasteiger partial charge in [-0.25, -0.2) is 0 Å². The fourth-order valence-electron chi connectivity index (χ4n) is 2.39. The molecule has 0 bridgehead atoms. The fourth-order valence-corrected chi connectivity index (χ4v) is 2.68. The number of anilines is 1. The first-order valence-corrected chi connectivity index (χ1v) is 8.48. The van der Waals surface area contributed by atoms with Crippen molar-refractivity contribution in [2.45, 2.75) is 6.92 Å². The second-order valence-corrected chi connectivity index (χ2v) is 5.70. The number of hydrogen-bond acceptors (Lipinski definition) is 5. The number of ether oxygens (including phenoxy) is 3. The average Bonchev–Trinajstić information content (AvgIpc) is 2.66. The second-order valence-electron chi connectivity index (χ2n) is 5.29. The third kappa shape index (κ3) is 4.93. The predicted molar refractivity (Wildman–Crippen MR) is 104 cm³/mol. The zero-order valence-electron chi connectivity index (χ0n) is 15.2. The number of amides is 1. The third-order valence-electron chi connectivity index (χ3n) is 3.57. The van der Waals surface area contributed by atoms with Crippen LogP contribution in [-0.2, 0) is 4.79 Å². The summed E-state index contributed by atoms with van der Waals surface area (Å²) in [4.78, 5) is 12.5. The van der Waals surface area contributed by atoms with Crippen LogP contribution in [-0.4, -0.2) is 26.7 Å². The van der Waals surface area contributed by atoms with Crippen LogP contribution < -0.4 is 19.5 Å². The molecule has 0 saturated carbocycles. The molecule has 0 aliphatic rings. The van der Waals surface area contributed by atoms with Gasteiger partial charge in [-0.3, -0.25) is 4.79 Å². The summed E-state index contributed by atoms with van der Waals surface area (Å²) in [5.41, 5.74) is 0.912. The normalized spacial score (nSPS) is 10.7. The van der Waals surface area contributed by atoms with Gasteiger partial charge in [-0.15, -0.1) is 0 Å². The quantitative estimate of drug-likeness (QED) is 0.566. The van der Waals surface area contributed by atoms with E-state index in [9.17, 15) is 10.1 Å². The Hall–Kier alpha value is -3.17. The minimum atomic E-state index is -0.563. The summed E-state index contributed by atoms with van der Waals surface area (Å²) in [6, 6.07) is 12.1. The van der Waals surface area contributed by atoms with Crippen molar-refractivity contribution in [2.24, 2.45) is 0 Å². The summed E-state index contributed by atoms with van der Waals surface area (Å²) in [6.45, 7) is 2.25. The number of para-hydroxylation sites is 2. The van der Waals surface area contributed by atoms with Gasteiger partial charge in [0.05, 0.1) is 31.5 Å². The van der Waals surface area contributed by atoms with Gasteiger partial charge in [0.15, 0.2) is 11.5 Å². The van der Waals surface area contributed by atoms with Crippen molar-refractivity contribution in [3.05, 3.63) is 52.6 Å². The topological polar surface area (TPSA) is 80.6 Å². The highest BCUT2D eigenvalue weighted by Gasteiger charge is 2.15. The Morgan fingerprint density at radius 2 is 1.96 bits per heavy atom. The highest BCUT2D eigenvalue weighted by atomic mass is 35.5. The Bertz CT molecular complexity index is 903. The summed E-state index contributed by atoms with van der Waals surface area (Å²) in [5.74, 6) is 0.759. The molecule has 1 N–H and O–H groups in total.